The van der Waals surface area contributed by atoms with Gasteiger partial charge in [0.25, 0.3) is 0 Å². The molecule has 0 aromatic heterocycles. The van der Waals surface area contributed by atoms with E-state index in [0.717, 1.165) is 35.8 Å². The van der Waals surface area contributed by atoms with Crippen molar-refractivity contribution in [2.75, 3.05) is 13.2 Å². The van der Waals surface area contributed by atoms with Crippen molar-refractivity contribution in [3.05, 3.63) is 71.8 Å². The Labute approximate surface area is 157 Å². The van der Waals surface area contributed by atoms with Crippen molar-refractivity contribution in [3.8, 4) is 23.0 Å². The van der Waals surface area contributed by atoms with Gasteiger partial charge in [0, 0.05) is 24.0 Å². The average Bonchev–Trinajstić information content (AvgIpc) is 2.69. The topological polar surface area (TPSA) is 27.7 Å². The molecule has 2 aliphatic rings. The van der Waals surface area contributed by atoms with Crippen LogP contribution in [0.15, 0.2) is 60.7 Å². The lowest BCUT2D eigenvalue weighted by molar-refractivity contribution is 0.267. The molecule has 0 unspecified atom stereocenters. The lowest BCUT2D eigenvalue weighted by Crippen LogP contribution is -2.14. The SMILES string of the molecule is c1ccc2c3c(Oc4c5cc6ccccc6c4CCO5)c(cc2c1)OCC3. The fourth-order valence-corrected chi connectivity index (χ4v) is 4.31. The summed E-state index contributed by atoms with van der Waals surface area (Å²) in [6.07, 6.45) is 1.70. The molecule has 0 saturated carbocycles. The molecule has 4 aromatic carbocycles. The number of hydrogen-bond donors (Lipinski definition) is 0. The number of benzene rings is 4. The van der Waals surface area contributed by atoms with Gasteiger partial charge >= 0.3 is 0 Å². The van der Waals surface area contributed by atoms with Crippen LogP contribution >= 0.6 is 0 Å². The molecule has 132 valence electrons. The van der Waals surface area contributed by atoms with Gasteiger partial charge in [-0.05, 0) is 33.7 Å². The van der Waals surface area contributed by atoms with E-state index in [1.54, 1.807) is 0 Å². The van der Waals surface area contributed by atoms with Crippen LogP contribution in [-0.4, -0.2) is 13.2 Å². The molecule has 2 heterocycles. The highest BCUT2D eigenvalue weighted by atomic mass is 16.5. The molecule has 4 aromatic rings. The maximum atomic E-state index is 6.55. The van der Waals surface area contributed by atoms with Crippen LogP contribution in [0.25, 0.3) is 21.5 Å². The second-order valence-corrected chi connectivity index (χ2v) is 7.11. The van der Waals surface area contributed by atoms with Crippen LogP contribution in [0.4, 0.5) is 0 Å². The summed E-state index contributed by atoms with van der Waals surface area (Å²) in [5.74, 6) is 3.31. The van der Waals surface area contributed by atoms with Crippen molar-refractivity contribution < 1.29 is 14.2 Å². The average molecular weight is 354 g/mol. The van der Waals surface area contributed by atoms with Crippen LogP contribution in [0.3, 0.4) is 0 Å². The zero-order chi connectivity index (χ0) is 17.8. The number of rotatable bonds is 2. The minimum atomic E-state index is 0.691. The second-order valence-electron chi connectivity index (χ2n) is 7.11. The summed E-state index contributed by atoms with van der Waals surface area (Å²) in [7, 11) is 0. The molecule has 3 nitrogen and oxygen atoms in total. The maximum absolute atomic E-state index is 6.55. The quantitative estimate of drug-likeness (QED) is 0.465. The molecule has 0 spiro atoms. The maximum Gasteiger partial charge on any atom is 0.173 e. The molecule has 0 atom stereocenters. The molecule has 6 rings (SSSR count). The second kappa shape index (κ2) is 5.65. The first-order chi connectivity index (χ1) is 13.4. The summed E-state index contributed by atoms with van der Waals surface area (Å²) in [5, 5.41) is 4.86. The van der Waals surface area contributed by atoms with E-state index in [2.05, 4.69) is 60.7 Å². The van der Waals surface area contributed by atoms with Gasteiger partial charge in [-0.3, -0.25) is 0 Å². The third-order valence-corrected chi connectivity index (χ3v) is 5.56. The fraction of sp³-hybridized carbons (Fsp3) is 0.167. The van der Waals surface area contributed by atoms with Crippen molar-refractivity contribution in [1.29, 1.82) is 0 Å². The molecule has 4 bridgehead atoms. The predicted octanol–water partition coefficient (Wildman–Crippen LogP) is 5.66. The van der Waals surface area contributed by atoms with Gasteiger partial charge in [0.2, 0.25) is 0 Å². The molecule has 0 fully saturated rings. The Morgan fingerprint density at radius 2 is 1.11 bits per heavy atom. The van der Waals surface area contributed by atoms with Gasteiger partial charge < -0.3 is 14.2 Å². The van der Waals surface area contributed by atoms with Crippen molar-refractivity contribution in [2.24, 2.45) is 0 Å². The normalized spacial score (nSPS) is 14.7. The van der Waals surface area contributed by atoms with Gasteiger partial charge in [-0.2, -0.15) is 0 Å². The third-order valence-electron chi connectivity index (χ3n) is 5.56. The Kier molecular flexibility index (Phi) is 3.12. The van der Waals surface area contributed by atoms with E-state index in [0.29, 0.717) is 13.2 Å². The minimum Gasteiger partial charge on any atom is -0.489 e. The van der Waals surface area contributed by atoms with E-state index in [-0.39, 0.29) is 0 Å². The summed E-state index contributed by atoms with van der Waals surface area (Å²) in [6, 6.07) is 21.0. The lowest BCUT2D eigenvalue weighted by Gasteiger charge is -2.27. The van der Waals surface area contributed by atoms with Crippen LogP contribution in [0, 0.1) is 0 Å². The largest absolute Gasteiger partial charge is 0.489 e. The highest BCUT2D eigenvalue weighted by Gasteiger charge is 2.26. The van der Waals surface area contributed by atoms with Gasteiger partial charge in [0.1, 0.15) is 0 Å². The minimum absolute atomic E-state index is 0.691. The Balaban J connectivity index is 1.58. The first-order valence-electron chi connectivity index (χ1n) is 9.41. The summed E-state index contributed by atoms with van der Waals surface area (Å²) in [6.45, 7) is 1.38. The van der Waals surface area contributed by atoms with Gasteiger partial charge in [-0.25, -0.2) is 0 Å². The Bertz CT molecular complexity index is 1110. The van der Waals surface area contributed by atoms with Crippen LogP contribution < -0.4 is 14.2 Å². The van der Waals surface area contributed by atoms with Crippen molar-refractivity contribution in [3.63, 3.8) is 0 Å². The Morgan fingerprint density at radius 1 is 0.630 bits per heavy atom. The molecular formula is C24H18O3. The predicted molar refractivity (Wildman–Crippen MR) is 106 cm³/mol. The smallest absolute Gasteiger partial charge is 0.173 e. The molecule has 2 aliphatic heterocycles. The molecule has 0 aliphatic carbocycles. The highest BCUT2D eigenvalue weighted by Crippen LogP contribution is 2.48. The van der Waals surface area contributed by atoms with Gasteiger partial charge in [-0.1, -0.05) is 48.5 Å². The lowest BCUT2D eigenvalue weighted by atomic mass is 9.97. The van der Waals surface area contributed by atoms with E-state index < -0.39 is 0 Å². The first kappa shape index (κ1) is 14.9. The summed E-state index contributed by atoms with van der Waals surface area (Å²) in [4.78, 5) is 0. The summed E-state index contributed by atoms with van der Waals surface area (Å²) < 4.78 is 18.4. The molecule has 0 saturated heterocycles. The molecular weight excluding hydrogens is 336 g/mol. The fourth-order valence-electron chi connectivity index (χ4n) is 4.31. The standard InChI is InChI=1S/C24H18O3/c1-3-7-17-15(5-1)13-21-23(19(17)9-11-25-21)27-24-20-10-12-26-22(24)14-16-6-2-4-8-18(16)20/h1-8,13-14H,9-12H2. The zero-order valence-electron chi connectivity index (χ0n) is 14.8. The third kappa shape index (κ3) is 2.21. The van der Waals surface area contributed by atoms with E-state index in [1.807, 2.05) is 0 Å². The van der Waals surface area contributed by atoms with Crippen LogP contribution in [0.2, 0.25) is 0 Å². The first-order valence-corrected chi connectivity index (χ1v) is 9.41. The molecule has 0 amide bonds. The molecule has 3 heteroatoms. The number of fused-ring (bicyclic) bond motifs is 8. The van der Waals surface area contributed by atoms with Crippen molar-refractivity contribution in [2.45, 2.75) is 12.8 Å². The van der Waals surface area contributed by atoms with Gasteiger partial charge in [0.15, 0.2) is 23.0 Å². The Morgan fingerprint density at radius 3 is 1.63 bits per heavy atom. The Hall–Kier alpha value is -3.20. The van der Waals surface area contributed by atoms with Crippen LogP contribution in [0.1, 0.15) is 11.1 Å². The number of ether oxygens (including phenoxy) is 3. The van der Waals surface area contributed by atoms with Crippen LogP contribution in [0.5, 0.6) is 23.0 Å². The summed E-state index contributed by atoms with van der Waals surface area (Å²) >= 11 is 0. The highest BCUT2D eigenvalue weighted by molar-refractivity contribution is 5.92. The van der Waals surface area contributed by atoms with E-state index in [1.165, 1.54) is 32.7 Å². The van der Waals surface area contributed by atoms with Crippen molar-refractivity contribution in [1.82, 2.24) is 0 Å². The van der Waals surface area contributed by atoms with E-state index >= 15 is 0 Å². The monoisotopic (exact) mass is 354 g/mol. The number of hydrogen-bond acceptors (Lipinski definition) is 3. The molecule has 27 heavy (non-hydrogen) atoms. The molecule has 0 N–H and O–H groups in total. The van der Waals surface area contributed by atoms with Crippen LogP contribution in [-0.2, 0) is 12.8 Å². The molecule has 0 radical (unpaired) electrons. The van der Waals surface area contributed by atoms with Crippen molar-refractivity contribution >= 4 is 21.5 Å². The van der Waals surface area contributed by atoms with Gasteiger partial charge in [-0.15, -0.1) is 0 Å². The van der Waals surface area contributed by atoms with Gasteiger partial charge in [0.05, 0.1) is 13.2 Å². The summed E-state index contributed by atoms with van der Waals surface area (Å²) in [5.41, 5.74) is 2.44. The zero-order valence-corrected chi connectivity index (χ0v) is 14.8. The van der Waals surface area contributed by atoms with E-state index in [9.17, 15) is 0 Å². The van der Waals surface area contributed by atoms with E-state index in [4.69, 9.17) is 14.2 Å².